The third-order valence-electron chi connectivity index (χ3n) is 4.49. The van der Waals surface area contributed by atoms with Gasteiger partial charge in [0.2, 0.25) is 0 Å². The molecule has 0 aromatic rings. The van der Waals surface area contributed by atoms with Gasteiger partial charge in [-0.25, -0.2) is 0 Å². The first kappa shape index (κ1) is 12.4. The first-order valence-electron chi connectivity index (χ1n) is 7.05. The van der Waals surface area contributed by atoms with Crippen LogP contribution in [0, 0.1) is 17.8 Å². The van der Waals surface area contributed by atoms with E-state index in [0.29, 0.717) is 0 Å². The third-order valence-corrected chi connectivity index (χ3v) is 4.49. The van der Waals surface area contributed by atoms with Crippen LogP contribution in [0.1, 0.15) is 51.9 Å². The van der Waals surface area contributed by atoms with Crippen molar-refractivity contribution in [1.82, 2.24) is 0 Å². The van der Waals surface area contributed by atoms with Gasteiger partial charge >= 0.3 is 0 Å². The number of fused-ring (bicyclic) bond motifs is 2. The average molecular weight is 226 g/mol. The van der Waals surface area contributed by atoms with Gasteiger partial charge in [0, 0.05) is 13.2 Å². The summed E-state index contributed by atoms with van der Waals surface area (Å²) in [5, 5.41) is 9.98. The van der Waals surface area contributed by atoms with Crippen molar-refractivity contribution in [2.75, 3.05) is 13.2 Å². The zero-order chi connectivity index (χ0) is 11.4. The Bertz CT molecular complexity index is 205. The van der Waals surface area contributed by atoms with Crippen molar-refractivity contribution < 1.29 is 9.84 Å². The minimum atomic E-state index is -0.0789. The van der Waals surface area contributed by atoms with Gasteiger partial charge in [-0.05, 0) is 63.2 Å². The molecule has 0 radical (unpaired) electrons. The van der Waals surface area contributed by atoms with Crippen molar-refractivity contribution in [3.8, 4) is 0 Å². The second-order valence-electron chi connectivity index (χ2n) is 5.66. The number of rotatable bonds is 7. The predicted molar refractivity (Wildman–Crippen MR) is 65.3 cm³/mol. The monoisotopic (exact) mass is 226 g/mol. The van der Waals surface area contributed by atoms with Crippen LogP contribution in [0.25, 0.3) is 0 Å². The van der Waals surface area contributed by atoms with Gasteiger partial charge in [0.15, 0.2) is 0 Å². The summed E-state index contributed by atoms with van der Waals surface area (Å²) in [5.41, 5.74) is 0. The lowest BCUT2D eigenvalue weighted by molar-refractivity contribution is 0.0919. The SMILES string of the molecule is CCOCCCC(O)CC1CC2CCC1C2. The molecule has 0 aromatic carbocycles. The number of aliphatic hydroxyl groups excluding tert-OH is 1. The normalized spacial score (nSPS) is 34.5. The van der Waals surface area contributed by atoms with Crippen molar-refractivity contribution in [1.29, 1.82) is 0 Å². The number of hydrogen-bond acceptors (Lipinski definition) is 2. The molecule has 2 fully saturated rings. The summed E-state index contributed by atoms with van der Waals surface area (Å²) in [6.45, 7) is 3.62. The Balaban J connectivity index is 1.58. The molecule has 16 heavy (non-hydrogen) atoms. The molecule has 2 saturated carbocycles. The van der Waals surface area contributed by atoms with Crippen molar-refractivity contribution in [2.24, 2.45) is 17.8 Å². The van der Waals surface area contributed by atoms with Crippen LogP contribution in [-0.2, 0) is 4.74 Å². The minimum absolute atomic E-state index is 0.0789. The summed E-state index contributed by atoms with van der Waals surface area (Å²) in [6.07, 6.45) is 8.65. The Morgan fingerprint density at radius 1 is 1.31 bits per heavy atom. The van der Waals surface area contributed by atoms with Crippen LogP contribution in [0.5, 0.6) is 0 Å². The van der Waals surface area contributed by atoms with E-state index in [1.165, 1.54) is 25.7 Å². The van der Waals surface area contributed by atoms with Crippen LogP contribution < -0.4 is 0 Å². The maximum Gasteiger partial charge on any atom is 0.0543 e. The minimum Gasteiger partial charge on any atom is -0.393 e. The molecule has 4 atom stereocenters. The highest BCUT2D eigenvalue weighted by Crippen LogP contribution is 2.49. The van der Waals surface area contributed by atoms with Crippen molar-refractivity contribution >= 4 is 0 Å². The second kappa shape index (κ2) is 6.02. The van der Waals surface area contributed by atoms with E-state index in [9.17, 15) is 5.11 Å². The molecule has 2 bridgehead atoms. The van der Waals surface area contributed by atoms with E-state index >= 15 is 0 Å². The fourth-order valence-electron chi connectivity index (χ4n) is 3.70. The highest BCUT2D eigenvalue weighted by molar-refractivity contribution is 4.90. The lowest BCUT2D eigenvalue weighted by Crippen LogP contribution is -2.18. The van der Waals surface area contributed by atoms with Gasteiger partial charge in [-0.3, -0.25) is 0 Å². The summed E-state index contributed by atoms with van der Waals surface area (Å²) in [5.74, 6) is 2.79. The third kappa shape index (κ3) is 3.21. The molecular weight excluding hydrogens is 200 g/mol. The van der Waals surface area contributed by atoms with Crippen LogP contribution in [0.4, 0.5) is 0 Å². The standard InChI is InChI=1S/C14H26O2/c1-2-16-7-3-4-14(15)10-13-9-11-5-6-12(13)8-11/h11-15H,2-10H2,1H3. The van der Waals surface area contributed by atoms with Gasteiger partial charge in [0.05, 0.1) is 6.10 Å². The smallest absolute Gasteiger partial charge is 0.0543 e. The first-order chi connectivity index (χ1) is 7.79. The van der Waals surface area contributed by atoms with Crippen LogP contribution in [-0.4, -0.2) is 24.4 Å². The highest BCUT2D eigenvalue weighted by Gasteiger charge is 2.39. The molecule has 2 heteroatoms. The topological polar surface area (TPSA) is 29.5 Å². The Morgan fingerprint density at radius 3 is 2.81 bits per heavy atom. The molecule has 2 rings (SSSR count). The fourth-order valence-corrected chi connectivity index (χ4v) is 3.70. The van der Waals surface area contributed by atoms with E-state index in [4.69, 9.17) is 4.74 Å². The van der Waals surface area contributed by atoms with E-state index in [2.05, 4.69) is 0 Å². The van der Waals surface area contributed by atoms with Crippen molar-refractivity contribution in [3.05, 3.63) is 0 Å². The van der Waals surface area contributed by atoms with Gasteiger partial charge in [-0.15, -0.1) is 0 Å². The molecule has 4 unspecified atom stereocenters. The Morgan fingerprint density at radius 2 is 2.19 bits per heavy atom. The van der Waals surface area contributed by atoms with E-state index in [1.807, 2.05) is 6.92 Å². The molecular formula is C14H26O2. The number of hydrogen-bond donors (Lipinski definition) is 1. The molecule has 0 heterocycles. The highest BCUT2D eigenvalue weighted by atomic mass is 16.5. The summed E-state index contributed by atoms with van der Waals surface area (Å²) < 4.78 is 5.29. The van der Waals surface area contributed by atoms with Gasteiger partial charge in [0.1, 0.15) is 0 Å². The Hall–Kier alpha value is -0.0800. The van der Waals surface area contributed by atoms with E-state index in [0.717, 1.165) is 50.2 Å². The quantitative estimate of drug-likeness (QED) is 0.676. The van der Waals surface area contributed by atoms with Gasteiger partial charge in [0.25, 0.3) is 0 Å². The maximum atomic E-state index is 9.98. The van der Waals surface area contributed by atoms with Crippen molar-refractivity contribution in [3.63, 3.8) is 0 Å². The van der Waals surface area contributed by atoms with Crippen LogP contribution in [0.2, 0.25) is 0 Å². The first-order valence-corrected chi connectivity index (χ1v) is 7.05. The summed E-state index contributed by atoms with van der Waals surface area (Å²) >= 11 is 0. The van der Waals surface area contributed by atoms with Crippen LogP contribution in [0.3, 0.4) is 0 Å². The van der Waals surface area contributed by atoms with Gasteiger partial charge in [-0.2, -0.15) is 0 Å². The van der Waals surface area contributed by atoms with E-state index < -0.39 is 0 Å². The molecule has 0 amide bonds. The molecule has 1 N–H and O–H groups in total. The maximum absolute atomic E-state index is 9.98. The predicted octanol–water partition coefficient (Wildman–Crippen LogP) is 2.99. The molecule has 0 saturated heterocycles. The molecule has 0 aliphatic heterocycles. The lowest BCUT2D eigenvalue weighted by Gasteiger charge is -2.24. The van der Waals surface area contributed by atoms with E-state index in [1.54, 1.807) is 0 Å². The molecule has 2 nitrogen and oxygen atoms in total. The second-order valence-corrected chi connectivity index (χ2v) is 5.66. The number of ether oxygens (including phenoxy) is 1. The summed E-state index contributed by atoms with van der Waals surface area (Å²) in [7, 11) is 0. The lowest BCUT2D eigenvalue weighted by atomic mass is 9.84. The average Bonchev–Trinajstić information content (AvgIpc) is 2.86. The number of aliphatic hydroxyl groups is 1. The molecule has 94 valence electrons. The van der Waals surface area contributed by atoms with Gasteiger partial charge in [-0.1, -0.05) is 6.42 Å². The zero-order valence-corrected chi connectivity index (χ0v) is 10.5. The Kier molecular flexibility index (Phi) is 4.66. The molecule has 2 aliphatic rings. The molecule has 0 aromatic heterocycles. The fraction of sp³-hybridized carbons (Fsp3) is 1.00. The van der Waals surface area contributed by atoms with Crippen molar-refractivity contribution in [2.45, 2.75) is 58.0 Å². The molecule has 2 aliphatic carbocycles. The molecule has 0 spiro atoms. The van der Waals surface area contributed by atoms with Gasteiger partial charge < -0.3 is 9.84 Å². The van der Waals surface area contributed by atoms with E-state index in [-0.39, 0.29) is 6.10 Å². The summed E-state index contributed by atoms with van der Waals surface area (Å²) in [4.78, 5) is 0. The zero-order valence-electron chi connectivity index (χ0n) is 10.5. The summed E-state index contributed by atoms with van der Waals surface area (Å²) in [6, 6.07) is 0. The van der Waals surface area contributed by atoms with Crippen LogP contribution >= 0.6 is 0 Å². The van der Waals surface area contributed by atoms with Crippen LogP contribution in [0.15, 0.2) is 0 Å². The largest absolute Gasteiger partial charge is 0.393 e. The Labute approximate surface area is 99.4 Å².